The zero-order valence-electron chi connectivity index (χ0n) is 19.4. The van der Waals surface area contributed by atoms with Gasteiger partial charge in [0.05, 0.1) is 10.8 Å². The minimum Gasteiger partial charge on any atom is -0.356 e. The molecule has 0 bridgehead atoms. The number of H-pyrrole nitrogens is 1. The average molecular weight is 460 g/mol. The maximum Gasteiger partial charge on any atom is 0.341 e. The van der Waals surface area contributed by atoms with Gasteiger partial charge in [-0.05, 0) is 34.4 Å². The molecule has 2 aromatic heterocycles. The maximum absolute atomic E-state index is 13.6. The molecule has 0 fully saturated rings. The number of hydrogen-bond acceptors (Lipinski definition) is 6. The second kappa shape index (κ2) is 8.54. The number of fused-ring (bicyclic) bond motifs is 1. The first-order valence-electron chi connectivity index (χ1n) is 10.6. The van der Waals surface area contributed by atoms with Crippen molar-refractivity contribution in [3.63, 3.8) is 0 Å². The van der Waals surface area contributed by atoms with Gasteiger partial charge in [-0.1, -0.05) is 53.7 Å². The summed E-state index contributed by atoms with van der Waals surface area (Å²) in [6.07, 6.45) is 1.24. The van der Waals surface area contributed by atoms with E-state index in [1.807, 2.05) is 39.8 Å². The molecule has 0 saturated heterocycles. The zero-order chi connectivity index (χ0) is 24.0. The van der Waals surface area contributed by atoms with Crippen molar-refractivity contribution in [1.29, 1.82) is 0 Å². The van der Waals surface area contributed by atoms with Gasteiger partial charge in [-0.25, -0.2) is 4.68 Å². The molecule has 0 aliphatic heterocycles. The third kappa shape index (κ3) is 4.34. The van der Waals surface area contributed by atoms with Crippen LogP contribution in [0.2, 0.25) is 0 Å². The van der Waals surface area contributed by atoms with Crippen molar-refractivity contribution in [1.82, 2.24) is 14.8 Å². The summed E-state index contributed by atoms with van der Waals surface area (Å²) in [6.45, 7) is 11.9. The molecule has 0 spiro atoms. The number of benzene rings is 1. The maximum atomic E-state index is 13.6. The average Bonchev–Trinajstić information content (AvgIpc) is 2.70. The first-order valence-corrected chi connectivity index (χ1v) is 12.0. The molecule has 0 saturated carbocycles. The second-order valence-electron chi connectivity index (χ2n) is 8.89. The molecule has 1 aromatic carbocycles. The Morgan fingerprint density at radius 2 is 1.47 bits per heavy atom. The normalized spacial score (nSPS) is 12.3. The monoisotopic (exact) mass is 459 g/mol. The third-order valence-corrected chi connectivity index (χ3v) is 6.79. The van der Waals surface area contributed by atoms with E-state index in [2.05, 4.69) is 23.9 Å². The van der Waals surface area contributed by atoms with Gasteiger partial charge in [-0.3, -0.25) is 9.59 Å². The Labute approximate surface area is 187 Å². The van der Waals surface area contributed by atoms with E-state index in [0.717, 1.165) is 16.3 Å². The lowest BCUT2D eigenvalue weighted by atomic mass is 9.89. The van der Waals surface area contributed by atoms with Gasteiger partial charge in [0, 0.05) is 19.3 Å². The summed E-state index contributed by atoms with van der Waals surface area (Å²) < 4.78 is 33.7. The van der Waals surface area contributed by atoms with E-state index in [4.69, 9.17) is 4.18 Å². The van der Waals surface area contributed by atoms with Crippen molar-refractivity contribution in [2.24, 2.45) is 7.05 Å². The van der Waals surface area contributed by atoms with Crippen LogP contribution in [-0.4, -0.2) is 23.2 Å². The second-order valence-corrected chi connectivity index (χ2v) is 10.4. The summed E-state index contributed by atoms with van der Waals surface area (Å²) >= 11 is 0. The number of hydrogen-bond donors (Lipinski definition) is 1. The highest BCUT2D eigenvalue weighted by Crippen LogP contribution is 2.36. The highest BCUT2D eigenvalue weighted by molar-refractivity contribution is 7.87. The fraction of sp³-hybridized carbons (Fsp3) is 0.435. The lowest BCUT2D eigenvalue weighted by molar-refractivity contribution is 0.463. The van der Waals surface area contributed by atoms with Crippen LogP contribution in [0.5, 0.6) is 5.88 Å². The van der Waals surface area contributed by atoms with E-state index >= 15 is 0 Å². The molecule has 172 valence electrons. The van der Waals surface area contributed by atoms with Crippen LogP contribution in [0.15, 0.2) is 38.9 Å². The fourth-order valence-electron chi connectivity index (χ4n) is 3.62. The number of pyridine rings is 1. The molecular weight excluding hydrogens is 430 g/mol. The van der Waals surface area contributed by atoms with Gasteiger partial charge in [0.15, 0.2) is 0 Å². The summed E-state index contributed by atoms with van der Waals surface area (Å²) in [5.74, 6) is -0.175. The zero-order valence-corrected chi connectivity index (χ0v) is 20.2. The standard InChI is InChI=1S/C23H29N3O5S/c1-12(2)15-8-16(13(3)4)21(17(9-15)14(5)6)32(29,30)31-22-19-11-24-20(27)10-18(19)23(28)26(7)25-22/h8-14H,1-7H3,(H,24,27). The number of aryl methyl sites for hydroxylation is 1. The molecular formula is C23H29N3O5S. The Kier molecular flexibility index (Phi) is 6.33. The topological polar surface area (TPSA) is 111 Å². The molecule has 0 amide bonds. The SMILES string of the molecule is CC(C)c1cc(C(C)C)c(S(=O)(=O)Oc2nn(C)c(=O)c3cc(=O)[nH]cc23)c(C(C)C)c1. The molecule has 1 N–H and O–H groups in total. The van der Waals surface area contributed by atoms with Crippen LogP contribution >= 0.6 is 0 Å². The predicted octanol–water partition coefficient (Wildman–Crippen LogP) is 3.76. The number of rotatable bonds is 6. The van der Waals surface area contributed by atoms with Gasteiger partial charge in [-0.15, -0.1) is 5.10 Å². The van der Waals surface area contributed by atoms with E-state index in [-0.39, 0.29) is 39.3 Å². The van der Waals surface area contributed by atoms with Crippen molar-refractivity contribution in [3.05, 3.63) is 61.8 Å². The Morgan fingerprint density at radius 1 is 0.906 bits per heavy atom. The van der Waals surface area contributed by atoms with E-state index in [9.17, 15) is 18.0 Å². The van der Waals surface area contributed by atoms with Gasteiger partial charge in [0.2, 0.25) is 5.56 Å². The molecule has 0 aliphatic carbocycles. The van der Waals surface area contributed by atoms with Gasteiger partial charge in [0.1, 0.15) is 4.90 Å². The number of aromatic amines is 1. The highest BCUT2D eigenvalue weighted by atomic mass is 32.2. The molecule has 8 nitrogen and oxygen atoms in total. The van der Waals surface area contributed by atoms with Crippen LogP contribution in [0.1, 0.15) is 76.0 Å². The number of nitrogens with zero attached hydrogens (tertiary/aromatic N) is 2. The molecule has 9 heteroatoms. The van der Waals surface area contributed by atoms with Crippen LogP contribution in [0.3, 0.4) is 0 Å². The summed E-state index contributed by atoms with van der Waals surface area (Å²) in [5, 5.41) is 4.16. The number of aromatic nitrogens is 3. The summed E-state index contributed by atoms with van der Waals surface area (Å²) in [7, 11) is -2.93. The van der Waals surface area contributed by atoms with Crippen molar-refractivity contribution >= 4 is 20.9 Å². The summed E-state index contributed by atoms with van der Waals surface area (Å²) in [4.78, 5) is 26.7. The Hall–Kier alpha value is -2.94. The van der Waals surface area contributed by atoms with Gasteiger partial charge >= 0.3 is 10.1 Å². The molecule has 0 aliphatic rings. The van der Waals surface area contributed by atoms with Gasteiger partial charge in [-0.2, -0.15) is 8.42 Å². The largest absolute Gasteiger partial charge is 0.356 e. The lowest BCUT2D eigenvalue weighted by Gasteiger charge is -2.22. The highest BCUT2D eigenvalue weighted by Gasteiger charge is 2.30. The lowest BCUT2D eigenvalue weighted by Crippen LogP contribution is -2.24. The summed E-state index contributed by atoms with van der Waals surface area (Å²) in [6, 6.07) is 4.94. The van der Waals surface area contributed by atoms with E-state index in [0.29, 0.717) is 11.1 Å². The molecule has 32 heavy (non-hydrogen) atoms. The van der Waals surface area contributed by atoms with E-state index in [1.165, 1.54) is 13.2 Å². The third-order valence-electron chi connectivity index (χ3n) is 5.44. The van der Waals surface area contributed by atoms with Crippen LogP contribution in [0, 0.1) is 0 Å². The van der Waals surface area contributed by atoms with Crippen LogP contribution in [-0.2, 0) is 17.2 Å². The van der Waals surface area contributed by atoms with Crippen LogP contribution < -0.4 is 15.3 Å². The molecule has 3 aromatic rings. The van der Waals surface area contributed by atoms with Crippen LogP contribution in [0.4, 0.5) is 0 Å². The molecule has 0 atom stereocenters. The molecule has 2 heterocycles. The van der Waals surface area contributed by atoms with Gasteiger partial charge < -0.3 is 9.17 Å². The summed E-state index contributed by atoms with van der Waals surface area (Å²) in [5.41, 5.74) is 1.38. The molecule has 0 unspecified atom stereocenters. The first-order chi connectivity index (χ1) is 14.8. The number of nitrogens with one attached hydrogen (secondary N) is 1. The van der Waals surface area contributed by atoms with E-state index in [1.54, 1.807) is 0 Å². The predicted molar refractivity (Wildman–Crippen MR) is 124 cm³/mol. The Balaban J connectivity index is 2.29. The molecule has 3 rings (SSSR count). The van der Waals surface area contributed by atoms with Gasteiger partial charge in [0.25, 0.3) is 11.4 Å². The molecule has 0 radical (unpaired) electrons. The fourth-order valence-corrected chi connectivity index (χ4v) is 5.20. The van der Waals surface area contributed by atoms with Crippen molar-refractivity contribution < 1.29 is 12.6 Å². The van der Waals surface area contributed by atoms with Crippen molar-refractivity contribution in [2.45, 2.75) is 64.2 Å². The van der Waals surface area contributed by atoms with E-state index < -0.39 is 21.2 Å². The quantitative estimate of drug-likeness (QED) is 0.562. The van der Waals surface area contributed by atoms with Crippen molar-refractivity contribution in [3.8, 4) is 5.88 Å². The Bertz CT molecular complexity index is 1370. The smallest absolute Gasteiger partial charge is 0.341 e. The van der Waals surface area contributed by atoms with Crippen LogP contribution in [0.25, 0.3) is 10.8 Å². The minimum atomic E-state index is -4.31. The minimum absolute atomic E-state index is 0.0276. The Morgan fingerprint density at radius 3 is 1.97 bits per heavy atom. The first kappa shape index (κ1) is 23.7. The van der Waals surface area contributed by atoms with Crippen molar-refractivity contribution in [2.75, 3.05) is 0 Å².